The third-order valence-electron chi connectivity index (χ3n) is 2.10. The van der Waals surface area contributed by atoms with Gasteiger partial charge in [0.05, 0.1) is 6.04 Å². The lowest BCUT2D eigenvalue weighted by molar-refractivity contribution is 0.316. The van der Waals surface area contributed by atoms with Crippen molar-refractivity contribution in [3.05, 3.63) is 28.2 Å². The van der Waals surface area contributed by atoms with Crippen LogP contribution in [-0.4, -0.2) is 17.1 Å². The summed E-state index contributed by atoms with van der Waals surface area (Å²) in [5.41, 5.74) is 7.53. The maximum atomic E-state index is 8.50. The standard InChI is InChI=1S/C10H14BrN3O/c1-6-5-8(3-4-9(6)11)13-7(2)10(12)14-15/h3-5,7,13,15H,1-2H3,(H2,12,14). The van der Waals surface area contributed by atoms with Crippen LogP contribution in [0.5, 0.6) is 0 Å². The Labute approximate surface area is 97.3 Å². The summed E-state index contributed by atoms with van der Waals surface area (Å²) in [5.74, 6) is 0.163. The minimum atomic E-state index is -0.199. The Hall–Kier alpha value is -1.23. The fourth-order valence-corrected chi connectivity index (χ4v) is 1.39. The first-order valence-electron chi connectivity index (χ1n) is 4.54. The lowest BCUT2D eigenvalue weighted by Gasteiger charge is -2.14. The Balaban J connectivity index is 2.77. The molecule has 1 unspecified atom stereocenters. The van der Waals surface area contributed by atoms with Crippen molar-refractivity contribution in [2.75, 3.05) is 5.32 Å². The van der Waals surface area contributed by atoms with Gasteiger partial charge in [0.2, 0.25) is 0 Å². The van der Waals surface area contributed by atoms with Gasteiger partial charge in [-0.3, -0.25) is 0 Å². The van der Waals surface area contributed by atoms with Gasteiger partial charge in [-0.1, -0.05) is 21.1 Å². The molecule has 0 aliphatic rings. The number of amidine groups is 1. The third kappa shape index (κ3) is 3.13. The van der Waals surface area contributed by atoms with Crippen LogP contribution in [0, 0.1) is 6.92 Å². The second-order valence-corrected chi connectivity index (χ2v) is 4.21. The monoisotopic (exact) mass is 271 g/mol. The average Bonchev–Trinajstić information content (AvgIpc) is 2.22. The molecule has 0 radical (unpaired) electrons. The summed E-state index contributed by atoms with van der Waals surface area (Å²) in [7, 11) is 0. The predicted octanol–water partition coefficient (Wildman–Crippen LogP) is 2.30. The van der Waals surface area contributed by atoms with Crippen LogP contribution in [0.2, 0.25) is 0 Å². The summed E-state index contributed by atoms with van der Waals surface area (Å²) >= 11 is 3.42. The Kier molecular flexibility index (Phi) is 3.96. The Morgan fingerprint density at radius 1 is 1.60 bits per heavy atom. The van der Waals surface area contributed by atoms with Gasteiger partial charge in [0.1, 0.15) is 0 Å². The molecule has 0 heterocycles. The van der Waals surface area contributed by atoms with Crippen molar-refractivity contribution in [2.45, 2.75) is 19.9 Å². The van der Waals surface area contributed by atoms with Gasteiger partial charge < -0.3 is 16.3 Å². The SMILES string of the molecule is Cc1cc(NC(C)C(N)=NO)ccc1Br. The van der Waals surface area contributed by atoms with Crippen molar-refractivity contribution >= 4 is 27.5 Å². The number of hydrogen-bond donors (Lipinski definition) is 3. The summed E-state index contributed by atoms with van der Waals surface area (Å²) in [5, 5.41) is 14.6. The first-order valence-corrected chi connectivity index (χ1v) is 5.34. The van der Waals surface area contributed by atoms with Crippen LogP contribution in [-0.2, 0) is 0 Å². The van der Waals surface area contributed by atoms with Gasteiger partial charge >= 0.3 is 0 Å². The quantitative estimate of drug-likeness (QED) is 0.342. The highest BCUT2D eigenvalue weighted by Crippen LogP contribution is 2.20. The van der Waals surface area contributed by atoms with Crippen LogP contribution >= 0.6 is 15.9 Å². The van der Waals surface area contributed by atoms with Gasteiger partial charge in [-0.2, -0.15) is 0 Å². The number of hydrogen-bond acceptors (Lipinski definition) is 3. The molecule has 5 heteroatoms. The van der Waals surface area contributed by atoms with Crippen LogP contribution in [0.15, 0.2) is 27.8 Å². The van der Waals surface area contributed by atoms with E-state index < -0.39 is 0 Å². The zero-order valence-corrected chi connectivity index (χ0v) is 10.2. The first kappa shape index (κ1) is 11.8. The van der Waals surface area contributed by atoms with Crippen molar-refractivity contribution in [1.82, 2.24) is 0 Å². The molecular formula is C10H14BrN3O. The molecule has 0 saturated heterocycles. The number of rotatable bonds is 3. The molecule has 4 N–H and O–H groups in total. The lowest BCUT2D eigenvalue weighted by atomic mass is 10.2. The zero-order valence-electron chi connectivity index (χ0n) is 8.66. The van der Waals surface area contributed by atoms with Crippen LogP contribution < -0.4 is 11.1 Å². The number of oxime groups is 1. The topological polar surface area (TPSA) is 70.6 Å². The lowest BCUT2D eigenvalue weighted by Crippen LogP contribution is -2.32. The molecule has 0 aromatic heterocycles. The maximum absolute atomic E-state index is 8.50. The molecule has 82 valence electrons. The van der Waals surface area contributed by atoms with E-state index in [1.807, 2.05) is 32.0 Å². The van der Waals surface area contributed by atoms with E-state index in [0.717, 1.165) is 15.7 Å². The van der Waals surface area contributed by atoms with E-state index in [1.165, 1.54) is 0 Å². The molecule has 4 nitrogen and oxygen atoms in total. The van der Waals surface area contributed by atoms with Crippen LogP contribution in [0.4, 0.5) is 5.69 Å². The number of anilines is 1. The van der Waals surface area contributed by atoms with E-state index >= 15 is 0 Å². The minimum Gasteiger partial charge on any atom is -0.409 e. The molecule has 0 amide bonds. The van der Waals surface area contributed by atoms with Crippen LogP contribution in [0.3, 0.4) is 0 Å². The van der Waals surface area contributed by atoms with E-state index in [2.05, 4.69) is 26.4 Å². The molecule has 0 saturated carbocycles. The molecule has 1 atom stereocenters. The predicted molar refractivity (Wildman–Crippen MR) is 65.4 cm³/mol. The number of aryl methyl sites for hydroxylation is 1. The van der Waals surface area contributed by atoms with E-state index in [-0.39, 0.29) is 11.9 Å². The number of nitrogens with one attached hydrogen (secondary N) is 1. The van der Waals surface area contributed by atoms with E-state index in [1.54, 1.807) is 0 Å². The molecule has 0 bridgehead atoms. The smallest absolute Gasteiger partial charge is 0.161 e. The Bertz CT molecular complexity index is 379. The van der Waals surface area contributed by atoms with Gasteiger partial charge in [0.25, 0.3) is 0 Å². The minimum absolute atomic E-state index is 0.163. The normalized spacial score (nSPS) is 13.7. The van der Waals surface area contributed by atoms with Gasteiger partial charge in [-0.25, -0.2) is 0 Å². The molecule has 1 aromatic rings. The zero-order chi connectivity index (χ0) is 11.4. The number of benzene rings is 1. The van der Waals surface area contributed by atoms with Gasteiger partial charge in [0, 0.05) is 10.2 Å². The molecule has 1 rings (SSSR count). The van der Waals surface area contributed by atoms with Crippen molar-refractivity contribution in [2.24, 2.45) is 10.9 Å². The molecule has 0 spiro atoms. The van der Waals surface area contributed by atoms with Gasteiger partial charge in [-0.05, 0) is 37.6 Å². The van der Waals surface area contributed by atoms with E-state index in [4.69, 9.17) is 10.9 Å². The molecule has 15 heavy (non-hydrogen) atoms. The van der Waals surface area contributed by atoms with Crippen molar-refractivity contribution in [3.63, 3.8) is 0 Å². The second kappa shape index (κ2) is 5.02. The maximum Gasteiger partial charge on any atom is 0.161 e. The molecule has 1 aromatic carbocycles. The molecule has 0 fully saturated rings. The first-order chi connectivity index (χ1) is 7.04. The van der Waals surface area contributed by atoms with Crippen LogP contribution in [0.1, 0.15) is 12.5 Å². The second-order valence-electron chi connectivity index (χ2n) is 3.35. The highest BCUT2D eigenvalue weighted by molar-refractivity contribution is 9.10. The summed E-state index contributed by atoms with van der Waals surface area (Å²) < 4.78 is 1.06. The summed E-state index contributed by atoms with van der Waals surface area (Å²) in [6, 6.07) is 5.68. The average molecular weight is 272 g/mol. The van der Waals surface area contributed by atoms with Crippen LogP contribution in [0.25, 0.3) is 0 Å². The summed E-state index contributed by atoms with van der Waals surface area (Å²) in [6.45, 7) is 3.83. The van der Waals surface area contributed by atoms with E-state index in [0.29, 0.717) is 0 Å². The van der Waals surface area contributed by atoms with Crippen molar-refractivity contribution < 1.29 is 5.21 Å². The molecular weight excluding hydrogens is 258 g/mol. The highest BCUT2D eigenvalue weighted by Gasteiger charge is 2.07. The summed E-state index contributed by atoms with van der Waals surface area (Å²) in [6.07, 6.45) is 0. The number of halogens is 1. The largest absolute Gasteiger partial charge is 0.409 e. The number of nitrogens with zero attached hydrogens (tertiary/aromatic N) is 1. The van der Waals surface area contributed by atoms with Gasteiger partial charge in [0.15, 0.2) is 5.84 Å². The molecule has 0 aliphatic carbocycles. The van der Waals surface area contributed by atoms with Crippen molar-refractivity contribution in [3.8, 4) is 0 Å². The molecule has 0 aliphatic heterocycles. The Morgan fingerprint density at radius 2 is 2.27 bits per heavy atom. The fraction of sp³-hybridized carbons (Fsp3) is 0.300. The van der Waals surface area contributed by atoms with E-state index in [9.17, 15) is 0 Å². The fourth-order valence-electron chi connectivity index (χ4n) is 1.15. The third-order valence-corrected chi connectivity index (χ3v) is 2.99. The highest BCUT2D eigenvalue weighted by atomic mass is 79.9. The van der Waals surface area contributed by atoms with Crippen molar-refractivity contribution in [1.29, 1.82) is 0 Å². The summed E-state index contributed by atoms with van der Waals surface area (Å²) in [4.78, 5) is 0. The number of nitrogens with two attached hydrogens (primary N) is 1. The Morgan fingerprint density at radius 3 is 2.80 bits per heavy atom. The van der Waals surface area contributed by atoms with Gasteiger partial charge in [-0.15, -0.1) is 0 Å².